The maximum absolute atomic E-state index is 4.57. The summed E-state index contributed by atoms with van der Waals surface area (Å²) in [4.78, 5) is 0. The monoisotopic (exact) mass is 189 g/mol. The third kappa shape index (κ3) is 1.55. The molecule has 1 aromatic carbocycles. The molecular formula is C10H9N2S. The van der Waals surface area contributed by atoms with Crippen molar-refractivity contribution in [2.45, 2.75) is 6.67 Å². The fraction of sp³-hybridized carbons (Fsp3) is 0.100. The lowest BCUT2D eigenvalue weighted by Gasteiger charge is -2.02. The molecule has 2 nitrogen and oxygen atoms in total. The standard InChI is InChI=1S/C10H9N2S/c13-8-11-7-12-6-5-9-3-1-2-4-10(9)12/h1-6H,7H2,(H,11,13). The number of fused-ring (bicyclic) bond motifs is 1. The van der Waals surface area contributed by atoms with E-state index in [9.17, 15) is 0 Å². The third-order valence-electron chi connectivity index (χ3n) is 2.00. The van der Waals surface area contributed by atoms with Gasteiger partial charge in [-0.05, 0) is 17.5 Å². The Labute approximate surface area is 82.2 Å². The number of thiocarbonyl (C=S) groups is 1. The summed E-state index contributed by atoms with van der Waals surface area (Å²) in [5, 5.41) is 4.11. The molecule has 0 aliphatic carbocycles. The van der Waals surface area contributed by atoms with E-state index in [1.807, 2.05) is 18.3 Å². The van der Waals surface area contributed by atoms with Gasteiger partial charge in [0.2, 0.25) is 0 Å². The highest BCUT2D eigenvalue weighted by atomic mass is 32.1. The summed E-state index contributed by atoms with van der Waals surface area (Å²) >= 11 is 4.57. The molecule has 65 valence electrons. The van der Waals surface area contributed by atoms with Crippen molar-refractivity contribution in [3.63, 3.8) is 0 Å². The zero-order valence-corrected chi connectivity index (χ0v) is 7.84. The van der Waals surface area contributed by atoms with Crippen LogP contribution in [0.15, 0.2) is 36.5 Å². The zero-order valence-electron chi connectivity index (χ0n) is 7.03. The van der Waals surface area contributed by atoms with Gasteiger partial charge in [0.25, 0.3) is 0 Å². The lowest BCUT2D eigenvalue weighted by Crippen LogP contribution is -2.14. The second-order valence-corrected chi connectivity index (χ2v) is 2.99. The number of rotatable bonds is 3. The Morgan fingerprint density at radius 1 is 1.31 bits per heavy atom. The van der Waals surface area contributed by atoms with Crippen LogP contribution in [-0.4, -0.2) is 10.1 Å². The topological polar surface area (TPSA) is 17.0 Å². The molecule has 0 atom stereocenters. The summed E-state index contributed by atoms with van der Waals surface area (Å²) in [5.41, 5.74) is 3.69. The minimum absolute atomic E-state index is 0.678. The molecule has 0 amide bonds. The molecule has 0 aliphatic rings. The Hall–Kier alpha value is -1.35. The molecule has 0 aliphatic heterocycles. The summed E-state index contributed by atoms with van der Waals surface area (Å²) in [6, 6.07) is 10.3. The molecule has 0 spiro atoms. The Balaban J connectivity index is 2.40. The van der Waals surface area contributed by atoms with Gasteiger partial charge in [-0.25, -0.2) is 0 Å². The SMILES string of the molecule is S=[C]NCn1ccc2ccccc21. The van der Waals surface area contributed by atoms with E-state index in [-0.39, 0.29) is 0 Å². The second-order valence-electron chi connectivity index (χ2n) is 2.78. The van der Waals surface area contributed by atoms with Crippen LogP contribution in [0.3, 0.4) is 0 Å². The normalized spacial score (nSPS) is 10.2. The van der Waals surface area contributed by atoms with Gasteiger partial charge in [-0.15, -0.1) is 0 Å². The quantitative estimate of drug-likeness (QED) is 0.587. The van der Waals surface area contributed by atoms with Crippen LogP contribution >= 0.6 is 12.2 Å². The lowest BCUT2D eigenvalue weighted by molar-refractivity contribution is 0.701. The molecule has 1 heterocycles. The van der Waals surface area contributed by atoms with E-state index in [4.69, 9.17) is 0 Å². The third-order valence-corrected chi connectivity index (χ3v) is 2.15. The number of hydrogen-bond donors (Lipinski definition) is 1. The number of aromatic nitrogens is 1. The van der Waals surface area contributed by atoms with E-state index >= 15 is 0 Å². The maximum atomic E-state index is 4.57. The average molecular weight is 189 g/mol. The van der Waals surface area contributed by atoms with E-state index in [2.05, 4.69) is 45.8 Å². The maximum Gasteiger partial charge on any atom is 0.135 e. The van der Waals surface area contributed by atoms with Crippen LogP contribution in [0.25, 0.3) is 10.9 Å². The highest BCUT2D eigenvalue weighted by molar-refractivity contribution is 7.78. The molecule has 0 fully saturated rings. The van der Waals surface area contributed by atoms with Gasteiger partial charge >= 0.3 is 0 Å². The van der Waals surface area contributed by atoms with E-state index in [0.29, 0.717) is 6.67 Å². The van der Waals surface area contributed by atoms with Crippen LogP contribution < -0.4 is 5.32 Å². The van der Waals surface area contributed by atoms with Crippen LogP contribution in [-0.2, 0) is 6.67 Å². The molecule has 0 unspecified atom stereocenters. The summed E-state index contributed by atoms with van der Waals surface area (Å²) in [6.07, 6.45) is 2.03. The van der Waals surface area contributed by atoms with Crippen molar-refractivity contribution in [1.29, 1.82) is 0 Å². The van der Waals surface area contributed by atoms with E-state index < -0.39 is 0 Å². The van der Waals surface area contributed by atoms with Crippen molar-refractivity contribution in [3.05, 3.63) is 36.5 Å². The number of hydrogen-bond acceptors (Lipinski definition) is 1. The molecule has 0 saturated carbocycles. The summed E-state index contributed by atoms with van der Waals surface area (Å²) in [6.45, 7) is 0.678. The number of nitrogens with zero attached hydrogens (tertiary/aromatic N) is 1. The van der Waals surface area contributed by atoms with E-state index in [0.717, 1.165) is 0 Å². The van der Waals surface area contributed by atoms with Gasteiger partial charge in [0, 0.05) is 11.7 Å². The van der Waals surface area contributed by atoms with Gasteiger partial charge < -0.3 is 9.88 Å². The van der Waals surface area contributed by atoms with Crippen LogP contribution in [0.2, 0.25) is 0 Å². The van der Waals surface area contributed by atoms with Crippen molar-refractivity contribution in [2.24, 2.45) is 0 Å². The average Bonchev–Trinajstić information content (AvgIpc) is 2.58. The summed E-state index contributed by atoms with van der Waals surface area (Å²) in [7, 11) is 0. The second kappa shape index (κ2) is 3.58. The highest BCUT2D eigenvalue weighted by Gasteiger charge is 1.96. The lowest BCUT2D eigenvalue weighted by atomic mass is 10.2. The van der Waals surface area contributed by atoms with Crippen molar-refractivity contribution >= 4 is 28.6 Å². The van der Waals surface area contributed by atoms with Crippen molar-refractivity contribution in [2.75, 3.05) is 0 Å². The number of benzene rings is 1. The minimum Gasteiger partial charge on any atom is -0.356 e. The molecule has 2 rings (SSSR count). The molecule has 1 radical (unpaired) electrons. The molecule has 0 saturated heterocycles. The first-order chi connectivity index (χ1) is 6.42. The Morgan fingerprint density at radius 3 is 3.00 bits per heavy atom. The number of nitrogens with one attached hydrogen (secondary N) is 1. The first-order valence-electron chi connectivity index (χ1n) is 4.06. The Bertz CT molecular complexity index is 420. The summed E-state index contributed by atoms with van der Waals surface area (Å²) < 4.78 is 2.09. The predicted molar refractivity (Wildman–Crippen MR) is 57.7 cm³/mol. The number of para-hydroxylation sites is 1. The Kier molecular flexibility index (Phi) is 2.27. The van der Waals surface area contributed by atoms with Gasteiger partial charge in [0.1, 0.15) is 5.49 Å². The van der Waals surface area contributed by atoms with Gasteiger partial charge in [-0.3, -0.25) is 0 Å². The van der Waals surface area contributed by atoms with Crippen LogP contribution in [0, 0.1) is 0 Å². The fourth-order valence-corrected chi connectivity index (χ4v) is 1.46. The summed E-state index contributed by atoms with van der Waals surface area (Å²) in [5.74, 6) is 0. The fourth-order valence-electron chi connectivity index (χ4n) is 1.40. The molecule has 1 N–H and O–H groups in total. The largest absolute Gasteiger partial charge is 0.356 e. The first kappa shape index (κ1) is 8.26. The Morgan fingerprint density at radius 2 is 2.15 bits per heavy atom. The highest BCUT2D eigenvalue weighted by Crippen LogP contribution is 2.13. The molecule has 2 aromatic rings. The van der Waals surface area contributed by atoms with Crippen molar-refractivity contribution in [3.8, 4) is 0 Å². The molecule has 0 bridgehead atoms. The molecule has 1 aromatic heterocycles. The van der Waals surface area contributed by atoms with Crippen molar-refractivity contribution < 1.29 is 0 Å². The first-order valence-corrected chi connectivity index (χ1v) is 4.46. The van der Waals surface area contributed by atoms with Crippen LogP contribution in [0.1, 0.15) is 0 Å². The van der Waals surface area contributed by atoms with Crippen LogP contribution in [0.5, 0.6) is 0 Å². The minimum atomic E-state index is 0.678. The van der Waals surface area contributed by atoms with Crippen LogP contribution in [0.4, 0.5) is 0 Å². The van der Waals surface area contributed by atoms with Gasteiger partial charge in [-0.2, -0.15) is 0 Å². The predicted octanol–water partition coefficient (Wildman–Crippen LogP) is 2.02. The molecular weight excluding hydrogens is 180 g/mol. The van der Waals surface area contributed by atoms with E-state index in [1.54, 1.807) is 0 Å². The van der Waals surface area contributed by atoms with Gasteiger partial charge in [-0.1, -0.05) is 30.4 Å². The smallest absolute Gasteiger partial charge is 0.135 e. The van der Waals surface area contributed by atoms with Gasteiger partial charge in [0.15, 0.2) is 0 Å². The van der Waals surface area contributed by atoms with Gasteiger partial charge in [0.05, 0.1) is 6.67 Å². The molecule has 3 heteroatoms. The molecule has 13 heavy (non-hydrogen) atoms. The zero-order chi connectivity index (χ0) is 9.10. The van der Waals surface area contributed by atoms with E-state index in [1.165, 1.54) is 10.9 Å². The van der Waals surface area contributed by atoms with Crippen molar-refractivity contribution in [1.82, 2.24) is 9.88 Å².